The van der Waals surface area contributed by atoms with E-state index in [1.807, 2.05) is 0 Å². The van der Waals surface area contributed by atoms with Gasteiger partial charge in [-0.2, -0.15) is 0 Å². The van der Waals surface area contributed by atoms with Gasteiger partial charge in [0.25, 0.3) is 0 Å². The van der Waals surface area contributed by atoms with Gasteiger partial charge < -0.3 is 0 Å². The van der Waals surface area contributed by atoms with Crippen molar-refractivity contribution < 1.29 is 9.18 Å². The Bertz CT molecular complexity index is 127. The van der Waals surface area contributed by atoms with Crippen molar-refractivity contribution in [2.24, 2.45) is 5.41 Å². The van der Waals surface area contributed by atoms with Crippen molar-refractivity contribution in [1.29, 1.82) is 0 Å². The second-order valence-electron chi connectivity index (χ2n) is 2.69. The van der Waals surface area contributed by atoms with Crippen LogP contribution in [0.15, 0.2) is 0 Å². The van der Waals surface area contributed by atoms with Gasteiger partial charge in [0.15, 0.2) is 0 Å². The summed E-state index contributed by atoms with van der Waals surface area (Å²) in [5, 5.41) is 0. The van der Waals surface area contributed by atoms with Gasteiger partial charge >= 0.3 is 0 Å². The summed E-state index contributed by atoms with van der Waals surface area (Å²) in [5.74, 6) is 0.159. The number of Topliss-reactive ketones (excluding diaryl/α,β-unsaturated/α-hetero) is 1. The number of carbonyl (C=O) groups excluding carboxylic acids is 1. The highest BCUT2D eigenvalue weighted by atomic mass is 35.5. The zero-order valence-corrected chi connectivity index (χ0v) is 7.04. The molecule has 3 heteroatoms. The van der Waals surface area contributed by atoms with Crippen LogP contribution in [0.1, 0.15) is 20.3 Å². The summed E-state index contributed by atoms with van der Waals surface area (Å²) < 4.78 is 11.8. The third-order valence-electron chi connectivity index (χ3n) is 1.79. The molecule has 0 heterocycles. The SMILES string of the molecule is CC(=O)C(C)(CCl)CCF. The molecule has 0 saturated heterocycles. The lowest BCUT2D eigenvalue weighted by Gasteiger charge is -2.21. The molecule has 0 aliphatic rings. The number of hydrogen-bond acceptors (Lipinski definition) is 1. The maximum absolute atomic E-state index is 11.8. The molecule has 10 heavy (non-hydrogen) atoms. The Labute approximate surface area is 65.6 Å². The second kappa shape index (κ2) is 3.91. The van der Waals surface area contributed by atoms with Gasteiger partial charge in [0.2, 0.25) is 0 Å². The molecule has 0 spiro atoms. The summed E-state index contributed by atoms with van der Waals surface area (Å²) in [4.78, 5) is 10.8. The average molecular weight is 167 g/mol. The first-order valence-corrected chi connectivity index (χ1v) is 3.73. The minimum absolute atomic E-state index is 0.0415. The van der Waals surface area contributed by atoms with Crippen molar-refractivity contribution in [2.75, 3.05) is 12.6 Å². The van der Waals surface area contributed by atoms with E-state index < -0.39 is 12.1 Å². The van der Waals surface area contributed by atoms with Crippen molar-refractivity contribution in [3.05, 3.63) is 0 Å². The van der Waals surface area contributed by atoms with Crippen LogP contribution >= 0.6 is 11.6 Å². The Hall–Kier alpha value is -0.110. The summed E-state index contributed by atoms with van der Waals surface area (Å²) in [7, 11) is 0. The first-order valence-electron chi connectivity index (χ1n) is 3.20. The first-order chi connectivity index (χ1) is 4.56. The lowest BCUT2D eigenvalue weighted by atomic mass is 9.86. The molecule has 0 saturated carbocycles. The van der Waals surface area contributed by atoms with Crippen LogP contribution in [-0.2, 0) is 4.79 Å². The molecule has 0 bridgehead atoms. The van der Waals surface area contributed by atoms with Gasteiger partial charge in [-0.25, -0.2) is 0 Å². The summed E-state index contributed by atoms with van der Waals surface area (Å²) >= 11 is 5.50. The van der Waals surface area contributed by atoms with Gasteiger partial charge in [0.1, 0.15) is 5.78 Å². The molecule has 0 rings (SSSR count). The lowest BCUT2D eigenvalue weighted by molar-refractivity contribution is -0.125. The standard InChI is InChI=1S/C7H12ClFO/c1-6(10)7(2,5-8)3-4-9/h3-5H2,1-2H3. The molecule has 0 aromatic heterocycles. The molecule has 0 aromatic rings. The van der Waals surface area contributed by atoms with Gasteiger partial charge in [-0.15, -0.1) is 11.6 Å². The fourth-order valence-electron chi connectivity index (χ4n) is 0.545. The molecule has 60 valence electrons. The third-order valence-corrected chi connectivity index (χ3v) is 2.38. The maximum Gasteiger partial charge on any atom is 0.136 e. The monoisotopic (exact) mass is 166 g/mol. The minimum Gasteiger partial charge on any atom is -0.299 e. The quantitative estimate of drug-likeness (QED) is 0.585. The number of alkyl halides is 2. The van der Waals surface area contributed by atoms with Crippen LogP contribution in [0.3, 0.4) is 0 Å². The minimum atomic E-state index is -0.656. The molecule has 0 N–H and O–H groups in total. The van der Waals surface area contributed by atoms with Crippen molar-refractivity contribution in [3.63, 3.8) is 0 Å². The number of ketones is 1. The number of hydrogen-bond donors (Lipinski definition) is 0. The second-order valence-corrected chi connectivity index (χ2v) is 2.96. The van der Waals surface area contributed by atoms with Crippen LogP contribution in [0.4, 0.5) is 4.39 Å². The van der Waals surface area contributed by atoms with E-state index >= 15 is 0 Å². The van der Waals surface area contributed by atoms with E-state index in [0.29, 0.717) is 0 Å². The van der Waals surface area contributed by atoms with Gasteiger partial charge in [-0.1, -0.05) is 6.92 Å². The average Bonchev–Trinajstić information content (AvgIpc) is 1.88. The van der Waals surface area contributed by atoms with Crippen LogP contribution in [0, 0.1) is 5.41 Å². The largest absolute Gasteiger partial charge is 0.299 e. The Balaban J connectivity index is 4.08. The van der Waals surface area contributed by atoms with Crippen LogP contribution in [0.5, 0.6) is 0 Å². The van der Waals surface area contributed by atoms with E-state index in [4.69, 9.17) is 11.6 Å². The highest BCUT2D eigenvalue weighted by Gasteiger charge is 2.27. The molecule has 1 nitrogen and oxygen atoms in total. The van der Waals surface area contributed by atoms with Crippen molar-refractivity contribution in [2.45, 2.75) is 20.3 Å². The molecular formula is C7H12ClFO. The van der Waals surface area contributed by atoms with Crippen LogP contribution in [0.25, 0.3) is 0 Å². The number of halogens is 2. The Morgan fingerprint density at radius 2 is 2.20 bits per heavy atom. The zero-order chi connectivity index (χ0) is 8.20. The van der Waals surface area contributed by atoms with Crippen molar-refractivity contribution in [3.8, 4) is 0 Å². The van der Waals surface area contributed by atoms with E-state index in [9.17, 15) is 9.18 Å². The van der Waals surface area contributed by atoms with Crippen molar-refractivity contribution in [1.82, 2.24) is 0 Å². The smallest absolute Gasteiger partial charge is 0.136 e. The third kappa shape index (κ3) is 2.25. The van der Waals surface area contributed by atoms with Gasteiger partial charge in [-0.3, -0.25) is 9.18 Å². The zero-order valence-electron chi connectivity index (χ0n) is 6.29. The fraction of sp³-hybridized carbons (Fsp3) is 0.857. The lowest BCUT2D eigenvalue weighted by Crippen LogP contribution is -2.27. The van der Waals surface area contributed by atoms with E-state index in [1.165, 1.54) is 6.92 Å². The normalized spacial score (nSPS) is 16.4. The van der Waals surface area contributed by atoms with E-state index in [0.717, 1.165) is 0 Å². The highest BCUT2D eigenvalue weighted by molar-refractivity contribution is 6.19. The summed E-state index contributed by atoms with van der Waals surface area (Å²) in [5.41, 5.74) is -0.656. The predicted octanol–water partition coefficient (Wildman–Crippen LogP) is 2.18. The van der Waals surface area contributed by atoms with Gasteiger partial charge in [0.05, 0.1) is 6.67 Å². The van der Waals surface area contributed by atoms with Crippen LogP contribution in [0.2, 0.25) is 0 Å². The summed E-state index contributed by atoms with van der Waals surface area (Å²) in [6, 6.07) is 0. The van der Waals surface area contributed by atoms with E-state index in [1.54, 1.807) is 6.92 Å². The molecule has 1 atom stereocenters. The highest BCUT2D eigenvalue weighted by Crippen LogP contribution is 2.24. The van der Waals surface area contributed by atoms with E-state index in [-0.39, 0.29) is 18.1 Å². The van der Waals surface area contributed by atoms with Crippen molar-refractivity contribution >= 4 is 17.4 Å². The van der Waals surface area contributed by atoms with Gasteiger partial charge in [-0.05, 0) is 13.3 Å². The number of rotatable bonds is 4. The molecule has 0 aliphatic heterocycles. The van der Waals surface area contributed by atoms with E-state index in [2.05, 4.69) is 0 Å². The molecular weight excluding hydrogens is 155 g/mol. The Morgan fingerprint density at radius 1 is 1.70 bits per heavy atom. The van der Waals surface area contributed by atoms with Crippen LogP contribution < -0.4 is 0 Å². The molecule has 0 radical (unpaired) electrons. The predicted molar refractivity (Wildman–Crippen MR) is 40.1 cm³/mol. The molecule has 0 aliphatic carbocycles. The summed E-state index contributed by atoms with van der Waals surface area (Å²) in [6.07, 6.45) is 0.228. The number of carbonyl (C=O) groups is 1. The Kier molecular flexibility index (Phi) is 3.87. The molecule has 0 fully saturated rings. The molecule has 0 aromatic carbocycles. The molecule has 1 unspecified atom stereocenters. The van der Waals surface area contributed by atoms with Gasteiger partial charge in [0, 0.05) is 11.3 Å². The maximum atomic E-state index is 11.8. The fourth-order valence-corrected chi connectivity index (χ4v) is 0.867. The Morgan fingerprint density at radius 3 is 2.30 bits per heavy atom. The summed E-state index contributed by atoms with van der Waals surface area (Å²) in [6.45, 7) is 2.64. The topological polar surface area (TPSA) is 17.1 Å². The first kappa shape index (κ1) is 9.89. The molecule has 0 amide bonds. The van der Waals surface area contributed by atoms with Crippen LogP contribution in [-0.4, -0.2) is 18.3 Å².